The van der Waals surface area contributed by atoms with E-state index in [1.807, 2.05) is 18.2 Å². The van der Waals surface area contributed by atoms with Gasteiger partial charge in [-0.25, -0.2) is 4.39 Å². The van der Waals surface area contributed by atoms with E-state index in [-0.39, 0.29) is 11.7 Å². The number of rotatable bonds is 6. The Morgan fingerprint density at radius 2 is 1.88 bits per heavy atom. The van der Waals surface area contributed by atoms with Crippen LogP contribution in [-0.4, -0.2) is 15.9 Å². The maximum Gasteiger partial charge on any atom is 0.253 e. The van der Waals surface area contributed by atoms with E-state index in [0.717, 1.165) is 16.9 Å². The zero-order valence-electron chi connectivity index (χ0n) is 13.4. The number of nitrogens with zero attached hydrogens (tertiary/aromatic N) is 2. The van der Waals surface area contributed by atoms with Gasteiger partial charge in [0.15, 0.2) is 0 Å². The van der Waals surface area contributed by atoms with E-state index in [0.29, 0.717) is 18.7 Å². The van der Waals surface area contributed by atoms with E-state index in [4.69, 9.17) is 0 Å². The zero-order valence-corrected chi connectivity index (χ0v) is 13.4. The lowest BCUT2D eigenvalue weighted by molar-refractivity contribution is 0.0950. The minimum absolute atomic E-state index is 0.238. The maximum atomic E-state index is 12.9. The fourth-order valence-electron chi connectivity index (χ4n) is 2.24. The van der Waals surface area contributed by atoms with Crippen molar-refractivity contribution in [2.24, 2.45) is 0 Å². The van der Waals surface area contributed by atoms with E-state index >= 15 is 0 Å². The number of hydrogen-bond acceptors (Lipinski definition) is 4. The van der Waals surface area contributed by atoms with Crippen molar-refractivity contribution in [1.82, 2.24) is 15.3 Å². The SMILES string of the molecule is O=C(NCc1ccc(F)cc1)c1cncc(NCc2ccccn2)c1. The standard InChI is InChI=1S/C19H17FN4O/c20-16-6-4-14(5-7-16)10-24-19(25)15-9-18(12-21-11-15)23-13-17-3-1-2-8-22-17/h1-9,11-12,23H,10,13H2,(H,24,25). The van der Waals surface area contributed by atoms with Crippen LogP contribution in [0.2, 0.25) is 0 Å². The van der Waals surface area contributed by atoms with E-state index in [9.17, 15) is 9.18 Å². The summed E-state index contributed by atoms with van der Waals surface area (Å²) in [5, 5.41) is 5.98. The first-order valence-corrected chi connectivity index (χ1v) is 7.82. The van der Waals surface area contributed by atoms with E-state index in [1.54, 1.807) is 30.6 Å². The highest BCUT2D eigenvalue weighted by Crippen LogP contribution is 2.10. The second-order valence-corrected chi connectivity index (χ2v) is 5.45. The summed E-state index contributed by atoms with van der Waals surface area (Å²) in [5.74, 6) is -0.538. The first-order valence-electron chi connectivity index (χ1n) is 7.82. The number of benzene rings is 1. The van der Waals surface area contributed by atoms with Gasteiger partial charge >= 0.3 is 0 Å². The number of pyridine rings is 2. The minimum Gasteiger partial charge on any atom is -0.378 e. The molecule has 3 aromatic rings. The molecule has 2 N–H and O–H groups in total. The zero-order chi connectivity index (χ0) is 17.5. The van der Waals surface area contributed by atoms with Gasteiger partial charge < -0.3 is 10.6 Å². The number of halogens is 1. The Morgan fingerprint density at radius 3 is 2.64 bits per heavy atom. The van der Waals surface area contributed by atoms with Crippen LogP contribution in [0.5, 0.6) is 0 Å². The molecule has 0 aliphatic heterocycles. The third-order valence-corrected chi connectivity index (χ3v) is 3.57. The molecule has 0 saturated heterocycles. The van der Waals surface area contributed by atoms with Gasteiger partial charge in [-0.3, -0.25) is 14.8 Å². The third kappa shape index (κ3) is 4.84. The molecule has 0 atom stereocenters. The van der Waals surface area contributed by atoms with Crippen LogP contribution in [0.4, 0.5) is 10.1 Å². The molecule has 126 valence electrons. The predicted octanol–water partition coefficient (Wildman–Crippen LogP) is 3.16. The topological polar surface area (TPSA) is 66.9 Å². The van der Waals surface area contributed by atoms with Crippen LogP contribution in [0.3, 0.4) is 0 Å². The first kappa shape index (κ1) is 16.6. The van der Waals surface area contributed by atoms with Gasteiger partial charge in [0.2, 0.25) is 0 Å². The van der Waals surface area contributed by atoms with Crippen molar-refractivity contribution in [3.05, 3.63) is 89.8 Å². The van der Waals surface area contributed by atoms with Crippen molar-refractivity contribution in [2.45, 2.75) is 13.1 Å². The maximum absolute atomic E-state index is 12.9. The summed E-state index contributed by atoms with van der Waals surface area (Å²) in [4.78, 5) is 20.6. The Kier molecular flexibility index (Phi) is 5.31. The van der Waals surface area contributed by atoms with Crippen LogP contribution in [0, 0.1) is 5.82 Å². The summed E-state index contributed by atoms with van der Waals surface area (Å²) >= 11 is 0. The van der Waals surface area contributed by atoms with Gasteiger partial charge in [-0.1, -0.05) is 18.2 Å². The molecule has 0 fully saturated rings. The van der Waals surface area contributed by atoms with Crippen LogP contribution in [0.1, 0.15) is 21.6 Å². The summed E-state index contributed by atoms with van der Waals surface area (Å²) in [7, 11) is 0. The Balaban J connectivity index is 1.58. The fourth-order valence-corrected chi connectivity index (χ4v) is 2.24. The Hall–Kier alpha value is -3.28. The fraction of sp³-hybridized carbons (Fsp3) is 0.105. The quantitative estimate of drug-likeness (QED) is 0.726. The van der Waals surface area contributed by atoms with Gasteiger partial charge in [0.05, 0.1) is 23.5 Å². The van der Waals surface area contributed by atoms with E-state index < -0.39 is 0 Å². The predicted molar refractivity (Wildman–Crippen MR) is 93.4 cm³/mol. The molecular formula is C19H17FN4O. The van der Waals surface area contributed by atoms with Crippen molar-refractivity contribution in [3.63, 3.8) is 0 Å². The molecule has 5 nitrogen and oxygen atoms in total. The Bertz CT molecular complexity index is 838. The molecular weight excluding hydrogens is 319 g/mol. The highest BCUT2D eigenvalue weighted by molar-refractivity contribution is 5.94. The number of hydrogen-bond donors (Lipinski definition) is 2. The molecule has 1 amide bonds. The average molecular weight is 336 g/mol. The van der Waals surface area contributed by atoms with Crippen molar-refractivity contribution in [3.8, 4) is 0 Å². The second kappa shape index (κ2) is 8.01. The van der Waals surface area contributed by atoms with Gasteiger partial charge in [0, 0.05) is 25.1 Å². The van der Waals surface area contributed by atoms with Crippen molar-refractivity contribution in [1.29, 1.82) is 0 Å². The molecule has 3 rings (SSSR count). The lowest BCUT2D eigenvalue weighted by atomic mass is 10.2. The van der Waals surface area contributed by atoms with Gasteiger partial charge in [-0.05, 0) is 35.9 Å². The summed E-state index contributed by atoms with van der Waals surface area (Å²) in [5.41, 5.74) is 2.91. The lowest BCUT2D eigenvalue weighted by Gasteiger charge is -2.08. The first-order chi connectivity index (χ1) is 12.2. The molecule has 2 aromatic heterocycles. The van der Waals surface area contributed by atoms with Gasteiger partial charge in [-0.2, -0.15) is 0 Å². The molecule has 6 heteroatoms. The van der Waals surface area contributed by atoms with Gasteiger partial charge in [0.1, 0.15) is 5.82 Å². The third-order valence-electron chi connectivity index (χ3n) is 3.57. The van der Waals surface area contributed by atoms with Crippen LogP contribution in [-0.2, 0) is 13.1 Å². The number of amides is 1. The molecule has 0 saturated carbocycles. The summed E-state index contributed by atoms with van der Waals surface area (Å²) in [6, 6.07) is 13.4. The average Bonchev–Trinajstić information content (AvgIpc) is 2.67. The molecule has 0 aliphatic rings. The number of nitrogens with one attached hydrogen (secondary N) is 2. The smallest absolute Gasteiger partial charge is 0.253 e. The van der Waals surface area contributed by atoms with Crippen LogP contribution < -0.4 is 10.6 Å². The normalized spacial score (nSPS) is 10.3. The van der Waals surface area contributed by atoms with Crippen molar-refractivity contribution < 1.29 is 9.18 Å². The van der Waals surface area contributed by atoms with Gasteiger partial charge in [0.25, 0.3) is 5.91 Å². The monoisotopic (exact) mass is 336 g/mol. The van der Waals surface area contributed by atoms with Gasteiger partial charge in [-0.15, -0.1) is 0 Å². The highest BCUT2D eigenvalue weighted by Gasteiger charge is 2.07. The Morgan fingerprint density at radius 1 is 1.04 bits per heavy atom. The van der Waals surface area contributed by atoms with Crippen LogP contribution >= 0.6 is 0 Å². The minimum atomic E-state index is -0.300. The molecule has 0 radical (unpaired) electrons. The number of aromatic nitrogens is 2. The molecule has 0 bridgehead atoms. The van der Waals surface area contributed by atoms with E-state index in [1.165, 1.54) is 18.3 Å². The molecule has 0 aliphatic carbocycles. The van der Waals surface area contributed by atoms with Crippen LogP contribution in [0.15, 0.2) is 67.1 Å². The molecule has 1 aromatic carbocycles. The van der Waals surface area contributed by atoms with Crippen LogP contribution in [0.25, 0.3) is 0 Å². The van der Waals surface area contributed by atoms with Crippen molar-refractivity contribution in [2.75, 3.05) is 5.32 Å². The number of anilines is 1. The van der Waals surface area contributed by atoms with Crippen molar-refractivity contribution >= 4 is 11.6 Å². The summed E-state index contributed by atoms with van der Waals surface area (Å²) in [6.45, 7) is 0.869. The summed E-state index contributed by atoms with van der Waals surface area (Å²) < 4.78 is 12.9. The second-order valence-electron chi connectivity index (χ2n) is 5.45. The molecule has 25 heavy (non-hydrogen) atoms. The number of carbonyl (C=O) groups excluding carboxylic acids is 1. The molecule has 0 unspecified atom stereocenters. The molecule has 2 heterocycles. The Labute approximate surface area is 145 Å². The van der Waals surface area contributed by atoms with E-state index in [2.05, 4.69) is 20.6 Å². The lowest BCUT2D eigenvalue weighted by Crippen LogP contribution is -2.23. The molecule has 0 spiro atoms. The number of carbonyl (C=O) groups is 1. The summed E-state index contributed by atoms with van der Waals surface area (Å²) in [6.07, 6.45) is 4.89. The highest BCUT2D eigenvalue weighted by atomic mass is 19.1. The largest absolute Gasteiger partial charge is 0.378 e.